The van der Waals surface area contributed by atoms with Crippen molar-refractivity contribution in [3.63, 3.8) is 0 Å². The normalized spacial score (nSPS) is 19.8. The molecule has 0 N–H and O–H groups in total. The van der Waals surface area contributed by atoms with E-state index in [-0.39, 0.29) is 24.1 Å². The molecule has 6 nitrogen and oxygen atoms in total. The van der Waals surface area contributed by atoms with Gasteiger partial charge in [-0.15, -0.1) is 0 Å². The minimum atomic E-state index is -0.630. The molecule has 6 heteroatoms. The number of carbonyl (C=O) groups excluding carboxylic acids is 2. The molecule has 0 bridgehead atoms. The Bertz CT molecular complexity index is 975. The molecule has 0 spiro atoms. The molecule has 146 valence electrons. The van der Waals surface area contributed by atoms with E-state index >= 15 is 0 Å². The average Bonchev–Trinajstić information content (AvgIpc) is 2.65. The highest BCUT2D eigenvalue weighted by Crippen LogP contribution is 2.50. The first kappa shape index (κ1) is 18.3. The zero-order valence-electron chi connectivity index (χ0n) is 16.3. The molecule has 1 atom stereocenters. The molecular formula is C22H22O6. The largest absolute Gasteiger partial charge is 0.497 e. The fourth-order valence-electron chi connectivity index (χ4n) is 3.93. The lowest BCUT2D eigenvalue weighted by Crippen LogP contribution is -2.37. The monoisotopic (exact) mass is 382 g/mol. The van der Waals surface area contributed by atoms with Crippen LogP contribution in [0.15, 0.2) is 30.3 Å². The standard InChI is InChI=1S/C22H22O6/c1-22(2)11-16(23)14-7-8-17-20(21(14)28-22)15(10-19(24)27-17)13-6-5-12(25-3)9-18(13)26-4/h5-9,15H,10-11H2,1-4H3/t15-/m1/s1. The predicted molar refractivity (Wildman–Crippen MR) is 102 cm³/mol. The first-order chi connectivity index (χ1) is 13.3. The number of hydrogen-bond acceptors (Lipinski definition) is 6. The van der Waals surface area contributed by atoms with Crippen molar-refractivity contribution in [2.24, 2.45) is 0 Å². The Morgan fingerprint density at radius 2 is 1.86 bits per heavy atom. The molecule has 0 unspecified atom stereocenters. The molecule has 0 saturated carbocycles. The van der Waals surface area contributed by atoms with E-state index < -0.39 is 5.60 Å². The molecule has 0 aromatic heterocycles. The number of ketones is 1. The van der Waals surface area contributed by atoms with Crippen LogP contribution >= 0.6 is 0 Å². The Hall–Kier alpha value is -3.02. The van der Waals surface area contributed by atoms with Crippen LogP contribution in [0, 0.1) is 0 Å². The summed E-state index contributed by atoms with van der Waals surface area (Å²) >= 11 is 0. The van der Waals surface area contributed by atoms with Crippen LogP contribution in [-0.2, 0) is 4.79 Å². The highest BCUT2D eigenvalue weighted by atomic mass is 16.5. The molecule has 2 aliphatic rings. The van der Waals surface area contributed by atoms with Gasteiger partial charge in [-0.1, -0.05) is 6.07 Å². The summed E-state index contributed by atoms with van der Waals surface area (Å²) < 4.78 is 22.5. The van der Waals surface area contributed by atoms with Gasteiger partial charge in [0.1, 0.15) is 28.6 Å². The summed E-state index contributed by atoms with van der Waals surface area (Å²) in [5.41, 5.74) is 1.42. The lowest BCUT2D eigenvalue weighted by Gasteiger charge is -2.36. The Kier molecular flexibility index (Phi) is 4.29. The molecule has 2 aromatic rings. The Morgan fingerprint density at radius 1 is 1.07 bits per heavy atom. The average molecular weight is 382 g/mol. The van der Waals surface area contributed by atoms with Crippen LogP contribution in [0.5, 0.6) is 23.0 Å². The summed E-state index contributed by atoms with van der Waals surface area (Å²) in [5.74, 6) is 1.50. The summed E-state index contributed by atoms with van der Waals surface area (Å²) in [7, 11) is 3.16. The van der Waals surface area contributed by atoms with Crippen LogP contribution in [-0.4, -0.2) is 31.6 Å². The maximum atomic E-state index is 12.7. The number of benzene rings is 2. The maximum Gasteiger partial charge on any atom is 0.312 e. The quantitative estimate of drug-likeness (QED) is 0.592. The van der Waals surface area contributed by atoms with Gasteiger partial charge in [-0.25, -0.2) is 0 Å². The molecule has 2 aromatic carbocycles. The van der Waals surface area contributed by atoms with Gasteiger partial charge in [-0.05, 0) is 32.0 Å². The van der Waals surface area contributed by atoms with Crippen LogP contribution < -0.4 is 18.9 Å². The van der Waals surface area contributed by atoms with Crippen molar-refractivity contribution in [3.05, 3.63) is 47.0 Å². The Balaban J connectivity index is 1.93. The summed E-state index contributed by atoms with van der Waals surface area (Å²) in [4.78, 5) is 25.0. The fourth-order valence-corrected chi connectivity index (χ4v) is 3.93. The molecule has 4 rings (SSSR count). The van der Waals surface area contributed by atoms with Crippen molar-refractivity contribution in [1.82, 2.24) is 0 Å². The maximum absolute atomic E-state index is 12.7. The molecule has 0 saturated heterocycles. The first-order valence-corrected chi connectivity index (χ1v) is 9.14. The van der Waals surface area contributed by atoms with E-state index in [2.05, 4.69) is 0 Å². The van der Waals surface area contributed by atoms with Gasteiger partial charge in [0, 0.05) is 23.1 Å². The lowest BCUT2D eigenvalue weighted by molar-refractivity contribution is -0.135. The molecular weight excluding hydrogens is 360 g/mol. The molecule has 0 fully saturated rings. The second-order valence-corrected chi connectivity index (χ2v) is 7.65. The topological polar surface area (TPSA) is 71.1 Å². The number of rotatable bonds is 3. The molecule has 0 amide bonds. The molecule has 2 aliphatic heterocycles. The van der Waals surface area contributed by atoms with Gasteiger partial charge in [0.25, 0.3) is 0 Å². The van der Waals surface area contributed by atoms with Crippen LogP contribution in [0.25, 0.3) is 0 Å². The first-order valence-electron chi connectivity index (χ1n) is 9.14. The minimum absolute atomic E-state index is 0.0198. The third kappa shape index (κ3) is 2.99. The zero-order chi connectivity index (χ0) is 20.1. The van der Waals surface area contributed by atoms with E-state index in [0.717, 1.165) is 5.56 Å². The minimum Gasteiger partial charge on any atom is -0.497 e. The number of esters is 1. The summed E-state index contributed by atoms with van der Waals surface area (Å²) in [6.45, 7) is 3.76. The van der Waals surface area contributed by atoms with Crippen molar-refractivity contribution in [2.75, 3.05) is 14.2 Å². The summed E-state index contributed by atoms with van der Waals surface area (Å²) in [5, 5.41) is 0. The van der Waals surface area contributed by atoms with Gasteiger partial charge >= 0.3 is 5.97 Å². The van der Waals surface area contributed by atoms with Gasteiger partial charge in [0.05, 0.1) is 32.6 Å². The van der Waals surface area contributed by atoms with E-state index in [1.165, 1.54) is 0 Å². The second-order valence-electron chi connectivity index (χ2n) is 7.65. The van der Waals surface area contributed by atoms with Crippen molar-refractivity contribution in [3.8, 4) is 23.0 Å². The number of fused-ring (bicyclic) bond motifs is 3. The highest BCUT2D eigenvalue weighted by molar-refractivity contribution is 6.01. The lowest BCUT2D eigenvalue weighted by atomic mass is 9.82. The Labute approximate surface area is 163 Å². The van der Waals surface area contributed by atoms with Crippen LogP contribution in [0.3, 0.4) is 0 Å². The molecule has 28 heavy (non-hydrogen) atoms. The van der Waals surface area contributed by atoms with Crippen molar-refractivity contribution in [1.29, 1.82) is 0 Å². The zero-order valence-corrected chi connectivity index (χ0v) is 16.3. The van der Waals surface area contributed by atoms with Crippen molar-refractivity contribution < 1.29 is 28.5 Å². The fraction of sp³-hybridized carbons (Fsp3) is 0.364. The van der Waals surface area contributed by atoms with E-state index in [1.807, 2.05) is 26.0 Å². The SMILES string of the molecule is COc1ccc([C@H]2CC(=O)Oc3ccc4c(c32)OC(C)(C)CC4=O)c(OC)c1. The number of hydrogen-bond donors (Lipinski definition) is 0. The van der Waals surface area contributed by atoms with Gasteiger partial charge in [0.15, 0.2) is 5.78 Å². The van der Waals surface area contributed by atoms with E-state index in [0.29, 0.717) is 40.5 Å². The number of ether oxygens (including phenoxy) is 4. The van der Waals surface area contributed by atoms with E-state index in [1.54, 1.807) is 32.4 Å². The van der Waals surface area contributed by atoms with Gasteiger partial charge in [0.2, 0.25) is 0 Å². The van der Waals surface area contributed by atoms with Gasteiger partial charge < -0.3 is 18.9 Å². The molecule has 0 aliphatic carbocycles. The summed E-state index contributed by atoms with van der Waals surface area (Å²) in [6.07, 6.45) is 0.430. The van der Waals surface area contributed by atoms with E-state index in [4.69, 9.17) is 18.9 Å². The van der Waals surface area contributed by atoms with E-state index in [9.17, 15) is 9.59 Å². The van der Waals surface area contributed by atoms with Gasteiger partial charge in [-0.2, -0.15) is 0 Å². The number of Topliss-reactive ketones (excluding diaryl/α,β-unsaturated/α-hetero) is 1. The number of methoxy groups -OCH3 is 2. The second kappa shape index (κ2) is 6.55. The highest BCUT2D eigenvalue weighted by Gasteiger charge is 2.40. The summed E-state index contributed by atoms with van der Waals surface area (Å²) in [6, 6.07) is 8.82. The number of carbonyl (C=O) groups is 2. The van der Waals surface area contributed by atoms with Crippen molar-refractivity contribution in [2.45, 2.75) is 38.2 Å². The molecule has 0 radical (unpaired) electrons. The van der Waals surface area contributed by atoms with Crippen LogP contribution in [0.1, 0.15) is 54.1 Å². The van der Waals surface area contributed by atoms with Crippen LogP contribution in [0.2, 0.25) is 0 Å². The third-order valence-corrected chi connectivity index (χ3v) is 5.18. The molecule has 2 heterocycles. The Morgan fingerprint density at radius 3 is 2.57 bits per heavy atom. The smallest absolute Gasteiger partial charge is 0.312 e. The van der Waals surface area contributed by atoms with Crippen molar-refractivity contribution >= 4 is 11.8 Å². The van der Waals surface area contributed by atoms with Crippen LogP contribution in [0.4, 0.5) is 0 Å². The third-order valence-electron chi connectivity index (χ3n) is 5.18. The van der Waals surface area contributed by atoms with Gasteiger partial charge in [-0.3, -0.25) is 9.59 Å². The predicted octanol–water partition coefficient (Wildman–Crippen LogP) is 3.89.